The van der Waals surface area contributed by atoms with Crippen molar-refractivity contribution >= 4 is 182 Å². The van der Waals surface area contributed by atoms with Gasteiger partial charge in [-0.05, 0) is 143 Å². The maximum atomic E-state index is 14.8. The molecule has 2 aromatic rings. The molecule has 0 aromatic heterocycles. The zero-order valence-electron chi connectivity index (χ0n) is 32.4. The highest BCUT2D eigenvalue weighted by Crippen LogP contribution is 2.41. The summed E-state index contributed by atoms with van der Waals surface area (Å²) in [5.74, 6) is -4.48. The van der Waals surface area contributed by atoms with Crippen molar-refractivity contribution in [1.82, 2.24) is 20.4 Å². The summed E-state index contributed by atoms with van der Waals surface area (Å²) < 4.78 is 0.646. The van der Waals surface area contributed by atoms with Gasteiger partial charge in [0.15, 0.2) is 5.78 Å². The lowest BCUT2D eigenvalue weighted by Crippen LogP contribution is -2.45. The molecule has 0 aliphatic rings. The number of rotatable bonds is 23. The summed E-state index contributed by atoms with van der Waals surface area (Å²) in [5, 5.41) is 86.6. The van der Waals surface area contributed by atoms with Gasteiger partial charge in [0.25, 0.3) is 17.7 Å². The second kappa shape index (κ2) is 27.2. The summed E-state index contributed by atoms with van der Waals surface area (Å²) in [6, 6.07) is 0. The Morgan fingerprint density at radius 1 is 0.623 bits per heavy atom. The minimum absolute atomic E-state index is 0.0176. The second-order valence-electron chi connectivity index (χ2n) is 12.9. The number of aliphatic hydroxyl groups excluding tert-OH is 8. The fraction of sp³-hybridized carbons (Fsp3) is 0.486. The molecule has 0 fully saturated rings. The lowest BCUT2D eigenvalue weighted by atomic mass is 10.0. The van der Waals surface area contributed by atoms with Gasteiger partial charge in [-0.3, -0.25) is 28.8 Å². The van der Waals surface area contributed by atoms with Crippen LogP contribution in [0.25, 0.3) is 0 Å². The number of likely N-dealkylation sites (N-methyl/N-ethyl adjacent to an activating group) is 1. The number of amides is 5. The van der Waals surface area contributed by atoms with E-state index < -0.39 is 106 Å². The summed E-state index contributed by atoms with van der Waals surface area (Å²) in [6.45, 7) is -5.13. The second-order valence-corrected chi connectivity index (χ2v) is 19.4. The number of Topliss-reactive ketones (excluding diaryl/α,β-unsaturated/α-hetero) is 1. The Kier molecular flexibility index (Phi) is 25.2. The zero-order valence-corrected chi connectivity index (χ0v) is 45.3. The molecule has 3 unspecified atom stereocenters. The van der Waals surface area contributed by atoms with Gasteiger partial charge < -0.3 is 71.5 Å². The lowest BCUT2D eigenvalue weighted by Gasteiger charge is -2.31. The molecule has 340 valence electrons. The van der Waals surface area contributed by atoms with Gasteiger partial charge in [0.1, 0.15) is 0 Å². The van der Waals surface area contributed by atoms with Crippen molar-refractivity contribution in [3.63, 3.8) is 0 Å². The van der Waals surface area contributed by atoms with Crippen LogP contribution in [0.2, 0.25) is 0 Å². The maximum Gasteiger partial charge on any atom is 0.256 e. The quantitative estimate of drug-likeness (QED) is 0.0488. The zero-order chi connectivity index (χ0) is 46.5. The average molecular weight is 1530 g/mol. The van der Waals surface area contributed by atoms with E-state index in [4.69, 9.17) is 0 Å². The molecule has 0 bridgehead atoms. The van der Waals surface area contributed by atoms with Gasteiger partial charge in [0.2, 0.25) is 11.8 Å². The molecular formula is C35H44I6N6O14. The van der Waals surface area contributed by atoms with Gasteiger partial charge in [-0.25, -0.2) is 0 Å². The number of carbonyl (C=O) groups excluding carboxylic acids is 6. The Balaban J connectivity index is 3.14. The minimum atomic E-state index is -1.44. The van der Waals surface area contributed by atoms with Crippen LogP contribution in [0.4, 0.5) is 11.4 Å². The molecule has 0 saturated heterocycles. The first-order valence-corrected chi connectivity index (χ1v) is 24.3. The van der Waals surface area contributed by atoms with E-state index in [0.717, 1.165) is 14.7 Å². The number of carbonyl (C=O) groups is 6. The highest BCUT2D eigenvalue weighted by atomic mass is 127. The molecule has 0 spiro atoms. The first kappa shape index (κ1) is 56.6. The molecule has 0 aliphatic carbocycles. The van der Waals surface area contributed by atoms with Crippen LogP contribution >= 0.6 is 136 Å². The number of ketones is 1. The van der Waals surface area contributed by atoms with Crippen molar-refractivity contribution < 1.29 is 69.6 Å². The Morgan fingerprint density at radius 3 is 1.48 bits per heavy atom. The van der Waals surface area contributed by atoms with E-state index in [-0.39, 0.29) is 81.2 Å². The van der Waals surface area contributed by atoms with Crippen LogP contribution < -0.4 is 20.9 Å². The van der Waals surface area contributed by atoms with Crippen molar-refractivity contribution in [2.45, 2.75) is 25.2 Å². The highest BCUT2D eigenvalue weighted by molar-refractivity contribution is 14.1. The molecule has 0 aliphatic heterocycles. The molecule has 2 rings (SSSR count). The van der Waals surface area contributed by atoms with Crippen molar-refractivity contribution in [2.24, 2.45) is 0 Å². The SMILES string of the molecule is CNCC(=O)N(CC(=O)c1c(I)c(NC(C)=O)c(I)c(C(=O)NCC(O)CO)c1I)c1c(I)c(C(=O)N(CCO)CC(O)CO)c(I)c(C(=O)N(CCO)CC(O)CO)c1I. The molecule has 0 heterocycles. The van der Waals surface area contributed by atoms with Crippen molar-refractivity contribution in [2.75, 3.05) is 96.1 Å². The van der Waals surface area contributed by atoms with Crippen molar-refractivity contribution in [3.05, 3.63) is 43.7 Å². The first-order valence-electron chi connectivity index (χ1n) is 17.8. The van der Waals surface area contributed by atoms with E-state index in [1.165, 1.54) is 14.0 Å². The van der Waals surface area contributed by atoms with E-state index in [2.05, 4.69) is 16.0 Å². The minimum Gasteiger partial charge on any atom is -0.395 e. The molecule has 5 amide bonds. The number of nitrogens with one attached hydrogen (secondary N) is 3. The predicted molar refractivity (Wildman–Crippen MR) is 272 cm³/mol. The van der Waals surface area contributed by atoms with Gasteiger partial charge >= 0.3 is 0 Å². The standard InChI is InChI=1S/C35H44I6N6O14/c1-15(53)44-31-27(38)21(25(36)22(28(31)39)33(59)43-7-16(54)12-50)19(57)11-47(20(58)8-42-2)32-29(40)23(34(60)45(3-5-48)9-17(55)13-51)26(37)24(30(32)41)35(61)46(4-6-49)10-18(56)14-52/h16-18,42,48-52,54-56H,3-14H2,1-2H3,(H,43,59)(H,44,53). The van der Waals surface area contributed by atoms with Crippen LogP contribution in [-0.4, -0.2) is 190 Å². The van der Waals surface area contributed by atoms with E-state index in [1.54, 1.807) is 90.4 Å². The fourth-order valence-corrected chi connectivity index (χ4v) is 14.7. The van der Waals surface area contributed by atoms with Crippen LogP contribution in [0.1, 0.15) is 48.4 Å². The van der Waals surface area contributed by atoms with E-state index in [0.29, 0.717) is 0 Å². The Labute approximate surface area is 432 Å². The molecule has 26 heteroatoms. The number of hydrogen-bond acceptors (Lipinski definition) is 15. The number of anilines is 2. The molecule has 11 N–H and O–H groups in total. The molecule has 3 atom stereocenters. The number of hydrogen-bond donors (Lipinski definition) is 11. The third-order valence-corrected chi connectivity index (χ3v) is 14.8. The van der Waals surface area contributed by atoms with Gasteiger partial charge in [-0.15, -0.1) is 0 Å². The Morgan fingerprint density at radius 2 is 1.07 bits per heavy atom. The molecule has 61 heavy (non-hydrogen) atoms. The van der Waals surface area contributed by atoms with Gasteiger partial charge in [-0.1, -0.05) is 0 Å². The molecule has 0 saturated carbocycles. The first-order chi connectivity index (χ1) is 28.7. The number of nitrogens with zero attached hydrogens (tertiary/aromatic N) is 3. The van der Waals surface area contributed by atoms with Crippen LogP contribution in [0.3, 0.4) is 0 Å². The van der Waals surface area contributed by atoms with Crippen LogP contribution in [0, 0.1) is 21.4 Å². The number of aliphatic hydroxyl groups is 8. The largest absolute Gasteiger partial charge is 0.395 e. The smallest absolute Gasteiger partial charge is 0.256 e. The van der Waals surface area contributed by atoms with Gasteiger partial charge in [0, 0.05) is 55.9 Å². The molecule has 0 radical (unpaired) electrons. The summed E-state index contributed by atoms with van der Waals surface area (Å²) in [4.78, 5) is 87.1. The Hall–Kier alpha value is -0.520. The fourth-order valence-electron chi connectivity index (χ4n) is 5.52. The summed E-state index contributed by atoms with van der Waals surface area (Å²) >= 11 is 10.7. The monoisotopic (exact) mass is 1530 g/mol. The number of halogens is 6. The van der Waals surface area contributed by atoms with Crippen LogP contribution in [0.5, 0.6) is 0 Å². The average Bonchev–Trinajstić information content (AvgIpc) is 3.20. The molecule has 20 nitrogen and oxygen atoms in total. The Bertz CT molecular complexity index is 1900. The summed E-state index contributed by atoms with van der Waals surface area (Å²) in [7, 11) is 1.47. The third kappa shape index (κ3) is 14.7. The maximum absolute atomic E-state index is 14.8. The van der Waals surface area contributed by atoms with E-state index in [1.807, 2.05) is 45.2 Å². The lowest BCUT2D eigenvalue weighted by molar-refractivity contribution is -0.117. The summed E-state index contributed by atoms with van der Waals surface area (Å²) in [6.07, 6.45) is -4.17. The van der Waals surface area contributed by atoms with E-state index in [9.17, 15) is 69.6 Å². The summed E-state index contributed by atoms with van der Waals surface area (Å²) in [5.41, 5.74) is -0.558. The normalized spacial score (nSPS) is 12.7. The van der Waals surface area contributed by atoms with Crippen molar-refractivity contribution in [1.29, 1.82) is 0 Å². The number of benzene rings is 2. The van der Waals surface area contributed by atoms with Gasteiger partial charge in [0.05, 0.1) is 103 Å². The van der Waals surface area contributed by atoms with Crippen LogP contribution in [0.15, 0.2) is 0 Å². The predicted octanol–water partition coefficient (Wildman–Crippen LogP) is -0.634. The van der Waals surface area contributed by atoms with E-state index >= 15 is 0 Å². The van der Waals surface area contributed by atoms with Crippen LogP contribution in [-0.2, 0) is 9.59 Å². The molecule has 2 aromatic carbocycles. The van der Waals surface area contributed by atoms with Gasteiger partial charge in [-0.2, -0.15) is 0 Å². The van der Waals surface area contributed by atoms with Crippen molar-refractivity contribution in [3.8, 4) is 0 Å². The topological polar surface area (TPSA) is 310 Å². The highest BCUT2D eigenvalue weighted by Gasteiger charge is 2.37. The molecular weight excluding hydrogens is 1490 g/mol. The third-order valence-electron chi connectivity index (χ3n) is 8.35.